The van der Waals surface area contributed by atoms with Crippen LogP contribution in [0.5, 0.6) is 0 Å². The van der Waals surface area contributed by atoms with Gasteiger partial charge in [0.25, 0.3) is 5.91 Å². The molecule has 2 amide bonds. The molecule has 1 saturated heterocycles. The number of hydrogen-bond donors (Lipinski definition) is 1. The van der Waals surface area contributed by atoms with Crippen molar-refractivity contribution >= 4 is 11.8 Å². The van der Waals surface area contributed by atoms with E-state index in [-0.39, 0.29) is 24.0 Å². The summed E-state index contributed by atoms with van der Waals surface area (Å²) in [6.45, 7) is 5.56. The second-order valence-corrected chi connectivity index (χ2v) is 8.66. The van der Waals surface area contributed by atoms with Crippen LogP contribution >= 0.6 is 0 Å². The van der Waals surface area contributed by atoms with Gasteiger partial charge in [0, 0.05) is 43.6 Å². The summed E-state index contributed by atoms with van der Waals surface area (Å²) in [6, 6.07) is 17.0. The summed E-state index contributed by atoms with van der Waals surface area (Å²) in [7, 11) is 0. The SMILES string of the molecule is CC1CN(C(=O)c2ccc(CNC(=O)CCCc3nnc(-c4ccccc4)o3)cc2)CC(C)O1. The summed E-state index contributed by atoms with van der Waals surface area (Å²) < 4.78 is 11.4. The number of amides is 2. The third-order valence-corrected chi connectivity index (χ3v) is 5.68. The van der Waals surface area contributed by atoms with Gasteiger partial charge >= 0.3 is 0 Å². The Morgan fingerprint density at radius 1 is 1.00 bits per heavy atom. The van der Waals surface area contributed by atoms with Crippen molar-refractivity contribution < 1.29 is 18.7 Å². The van der Waals surface area contributed by atoms with Crippen LogP contribution in [0, 0.1) is 0 Å². The summed E-state index contributed by atoms with van der Waals surface area (Å²) in [4.78, 5) is 26.8. The van der Waals surface area contributed by atoms with Crippen LogP contribution in [-0.4, -0.2) is 52.2 Å². The molecule has 2 aromatic carbocycles. The molecule has 3 aromatic rings. The quantitative estimate of drug-likeness (QED) is 0.549. The largest absolute Gasteiger partial charge is 0.421 e. The van der Waals surface area contributed by atoms with E-state index < -0.39 is 0 Å². The van der Waals surface area contributed by atoms with E-state index in [0.29, 0.717) is 56.2 Å². The Bertz CT molecular complexity index is 1090. The average molecular weight is 463 g/mol. The predicted octanol–water partition coefficient (Wildman–Crippen LogP) is 3.63. The first-order valence-electron chi connectivity index (χ1n) is 11.7. The first-order valence-corrected chi connectivity index (χ1v) is 11.7. The normalized spacial score (nSPS) is 18.0. The van der Waals surface area contributed by atoms with E-state index in [4.69, 9.17) is 9.15 Å². The lowest BCUT2D eigenvalue weighted by molar-refractivity contribution is -0.121. The number of morpholine rings is 1. The maximum absolute atomic E-state index is 12.8. The average Bonchev–Trinajstić information content (AvgIpc) is 3.31. The second kappa shape index (κ2) is 11.1. The van der Waals surface area contributed by atoms with Gasteiger partial charge in [-0.2, -0.15) is 0 Å². The molecule has 2 heterocycles. The van der Waals surface area contributed by atoms with E-state index in [1.807, 2.05) is 73.3 Å². The van der Waals surface area contributed by atoms with Gasteiger partial charge in [-0.1, -0.05) is 30.3 Å². The van der Waals surface area contributed by atoms with E-state index in [2.05, 4.69) is 15.5 Å². The minimum absolute atomic E-state index is 0.00836. The van der Waals surface area contributed by atoms with Crippen molar-refractivity contribution in [3.8, 4) is 11.5 Å². The number of carbonyl (C=O) groups excluding carboxylic acids is 2. The summed E-state index contributed by atoms with van der Waals surface area (Å²) >= 11 is 0. The molecule has 0 aliphatic carbocycles. The third kappa shape index (κ3) is 6.29. The van der Waals surface area contributed by atoms with Gasteiger partial charge in [0.15, 0.2) is 0 Å². The highest BCUT2D eigenvalue weighted by atomic mass is 16.5. The Morgan fingerprint density at radius 2 is 1.71 bits per heavy atom. The number of ether oxygens (including phenoxy) is 1. The van der Waals surface area contributed by atoms with Crippen LogP contribution in [-0.2, 0) is 22.5 Å². The molecule has 0 radical (unpaired) electrons. The van der Waals surface area contributed by atoms with Crippen molar-refractivity contribution in [2.45, 2.75) is 51.9 Å². The number of aromatic nitrogens is 2. The van der Waals surface area contributed by atoms with E-state index in [1.165, 1.54) is 0 Å². The van der Waals surface area contributed by atoms with Gasteiger partial charge in [0.1, 0.15) is 0 Å². The third-order valence-electron chi connectivity index (χ3n) is 5.68. The topological polar surface area (TPSA) is 97.6 Å². The lowest BCUT2D eigenvalue weighted by atomic mass is 10.1. The van der Waals surface area contributed by atoms with Gasteiger partial charge < -0.3 is 19.4 Å². The Labute approximate surface area is 199 Å². The number of hydrogen-bond acceptors (Lipinski definition) is 6. The smallest absolute Gasteiger partial charge is 0.254 e. The van der Waals surface area contributed by atoms with E-state index in [1.54, 1.807) is 0 Å². The highest BCUT2D eigenvalue weighted by Gasteiger charge is 2.26. The van der Waals surface area contributed by atoms with Crippen LogP contribution in [0.4, 0.5) is 0 Å². The maximum Gasteiger partial charge on any atom is 0.254 e. The molecule has 0 bridgehead atoms. The molecule has 34 heavy (non-hydrogen) atoms. The van der Waals surface area contributed by atoms with Crippen molar-refractivity contribution in [3.05, 3.63) is 71.6 Å². The molecule has 178 valence electrons. The molecule has 1 aliphatic heterocycles. The molecule has 0 saturated carbocycles. The zero-order valence-corrected chi connectivity index (χ0v) is 19.6. The van der Waals surface area contributed by atoms with Gasteiger partial charge in [-0.05, 0) is 50.1 Å². The van der Waals surface area contributed by atoms with Crippen LogP contribution in [0.15, 0.2) is 59.0 Å². The summed E-state index contributed by atoms with van der Waals surface area (Å²) in [5.41, 5.74) is 2.46. The Hall–Kier alpha value is -3.52. The van der Waals surface area contributed by atoms with Crippen LogP contribution in [0.2, 0.25) is 0 Å². The van der Waals surface area contributed by atoms with Crippen LogP contribution < -0.4 is 5.32 Å². The second-order valence-electron chi connectivity index (χ2n) is 8.66. The van der Waals surface area contributed by atoms with Crippen molar-refractivity contribution in [1.82, 2.24) is 20.4 Å². The first kappa shape index (κ1) is 23.6. The van der Waals surface area contributed by atoms with Crippen molar-refractivity contribution in [1.29, 1.82) is 0 Å². The first-order chi connectivity index (χ1) is 16.5. The summed E-state index contributed by atoms with van der Waals surface area (Å²) in [6.07, 6.45) is 1.60. The summed E-state index contributed by atoms with van der Waals surface area (Å²) in [5.74, 6) is 0.976. The molecule has 1 fully saturated rings. The molecule has 8 heteroatoms. The minimum Gasteiger partial charge on any atom is -0.421 e. The Kier molecular flexibility index (Phi) is 7.69. The van der Waals surface area contributed by atoms with Gasteiger partial charge in [-0.15, -0.1) is 10.2 Å². The maximum atomic E-state index is 12.8. The molecule has 1 aromatic heterocycles. The highest BCUT2D eigenvalue weighted by Crippen LogP contribution is 2.18. The Balaban J connectivity index is 1.19. The fourth-order valence-electron chi connectivity index (χ4n) is 4.03. The van der Waals surface area contributed by atoms with Gasteiger partial charge in [-0.25, -0.2) is 0 Å². The van der Waals surface area contributed by atoms with Crippen LogP contribution in [0.25, 0.3) is 11.5 Å². The molecule has 8 nitrogen and oxygen atoms in total. The lowest BCUT2D eigenvalue weighted by Crippen LogP contribution is -2.48. The van der Waals surface area contributed by atoms with Gasteiger partial charge in [0.05, 0.1) is 12.2 Å². The molecule has 4 rings (SSSR count). The molecular weight excluding hydrogens is 432 g/mol. The Morgan fingerprint density at radius 3 is 2.41 bits per heavy atom. The monoisotopic (exact) mass is 462 g/mol. The highest BCUT2D eigenvalue weighted by molar-refractivity contribution is 5.94. The van der Waals surface area contributed by atoms with Crippen LogP contribution in [0.1, 0.15) is 48.5 Å². The predicted molar refractivity (Wildman–Crippen MR) is 127 cm³/mol. The summed E-state index contributed by atoms with van der Waals surface area (Å²) in [5, 5.41) is 11.0. The number of benzene rings is 2. The fraction of sp³-hybridized carbons (Fsp3) is 0.385. The molecule has 0 spiro atoms. The zero-order valence-electron chi connectivity index (χ0n) is 19.6. The number of carbonyl (C=O) groups is 2. The molecular formula is C26H30N4O4. The fourth-order valence-corrected chi connectivity index (χ4v) is 4.03. The number of aryl methyl sites for hydroxylation is 1. The van der Waals surface area contributed by atoms with Gasteiger partial charge in [0.2, 0.25) is 17.7 Å². The van der Waals surface area contributed by atoms with Crippen molar-refractivity contribution in [3.63, 3.8) is 0 Å². The molecule has 1 aliphatic rings. The van der Waals surface area contributed by atoms with Crippen LogP contribution in [0.3, 0.4) is 0 Å². The van der Waals surface area contributed by atoms with Gasteiger partial charge in [-0.3, -0.25) is 9.59 Å². The number of nitrogens with one attached hydrogen (secondary N) is 1. The molecule has 1 N–H and O–H groups in total. The number of nitrogens with zero attached hydrogens (tertiary/aromatic N) is 3. The minimum atomic E-state index is -0.0424. The van der Waals surface area contributed by atoms with E-state index in [0.717, 1.165) is 11.1 Å². The number of rotatable bonds is 8. The van der Waals surface area contributed by atoms with Crippen molar-refractivity contribution in [2.24, 2.45) is 0 Å². The standard InChI is InChI=1S/C26H30N4O4/c1-18-16-30(17-19(2)33-18)26(32)22-13-11-20(12-14-22)15-27-23(31)9-6-10-24-28-29-25(34-24)21-7-4-3-5-8-21/h3-5,7-8,11-14,18-19H,6,9-10,15-17H2,1-2H3,(H,27,31). The molecule has 2 unspecified atom stereocenters. The lowest BCUT2D eigenvalue weighted by Gasteiger charge is -2.35. The zero-order chi connectivity index (χ0) is 23.9. The van der Waals surface area contributed by atoms with Crippen molar-refractivity contribution in [2.75, 3.05) is 13.1 Å². The van der Waals surface area contributed by atoms with E-state index in [9.17, 15) is 9.59 Å². The van der Waals surface area contributed by atoms with E-state index >= 15 is 0 Å². The molecule has 2 atom stereocenters.